The number of carbonyl (C=O) groups excluding carboxylic acids is 4. The van der Waals surface area contributed by atoms with Crippen molar-refractivity contribution in [1.82, 2.24) is 31.5 Å². The molecule has 0 heterocycles. The minimum atomic E-state index is -4.22. The van der Waals surface area contributed by atoms with Gasteiger partial charge in [0.2, 0.25) is 11.8 Å². The molecular formula is C20H34Br2Cl4N6O8S4. The third-order valence-corrected chi connectivity index (χ3v) is 15.0. The number of hydrogen-bond donors (Lipinski definition) is 4. The lowest BCUT2D eigenvalue weighted by Crippen LogP contribution is -2.59. The van der Waals surface area contributed by atoms with Gasteiger partial charge in [0.1, 0.15) is 21.2 Å². The minimum absolute atomic E-state index is 0.0858. The first-order chi connectivity index (χ1) is 20.5. The van der Waals surface area contributed by atoms with E-state index in [2.05, 4.69) is 53.3 Å². The molecule has 0 aliphatic rings. The van der Waals surface area contributed by atoms with Crippen molar-refractivity contribution in [3.8, 4) is 0 Å². The standard InChI is InChI=1S/C20H34Br2Cl4N6O8S4/c1-43(37,38)19(15(27-13(33)11-21)17(35)29-31(7-3-23)8-4-24)41-42-20(44(2,39)40)16(28-14(34)12-22)18(36)30-32(9-5-25)10-6-26/h15-16,19-20H,3-12H2,1-2H3,(H,27,33)(H,28,34)(H,29,35)(H,30,36). The smallest absolute Gasteiger partial charge is 0.259 e. The number of sulfone groups is 2. The van der Waals surface area contributed by atoms with Gasteiger partial charge < -0.3 is 10.6 Å². The summed E-state index contributed by atoms with van der Waals surface area (Å²) in [6.45, 7) is 0.537. The number of hydrogen-bond acceptors (Lipinski definition) is 12. The molecule has 0 aromatic rings. The summed E-state index contributed by atoms with van der Waals surface area (Å²) in [7, 11) is -7.61. The zero-order valence-corrected chi connectivity index (χ0v) is 32.9. The quantitative estimate of drug-likeness (QED) is 0.0632. The Bertz CT molecular complexity index is 1070. The molecule has 14 nitrogen and oxygen atoms in total. The van der Waals surface area contributed by atoms with Gasteiger partial charge in [0.05, 0.1) is 10.7 Å². The number of rotatable bonds is 23. The summed E-state index contributed by atoms with van der Waals surface area (Å²) < 4.78 is 48.4. The molecular weight excluding hydrogens is 882 g/mol. The van der Waals surface area contributed by atoms with Crippen molar-refractivity contribution >= 4 is 143 Å². The highest BCUT2D eigenvalue weighted by molar-refractivity contribution is 9.09. The van der Waals surface area contributed by atoms with Crippen LogP contribution < -0.4 is 21.5 Å². The molecule has 44 heavy (non-hydrogen) atoms. The van der Waals surface area contributed by atoms with Crippen LogP contribution in [0.15, 0.2) is 0 Å². The van der Waals surface area contributed by atoms with E-state index in [-0.39, 0.29) is 60.4 Å². The van der Waals surface area contributed by atoms with Gasteiger partial charge in [-0.15, -0.1) is 46.4 Å². The molecule has 258 valence electrons. The van der Waals surface area contributed by atoms with E-state index in [4.69, 9.17) is 46.4 Å². The molecule has 4 amide bonds. The van der Waals surface area contributed by atoms with Gasteiger partial charge in [0.25, 0.3) is 11.8 Å². The van der Waals surface area contributed by atoms with Crippen molar-refractivity contribution in [2.45, 2.75) is 21.2 Å². The van der Waals surface area contributed by atoms with Gasteiger partial charge in [-0.25, -0.2) is 26.9 Å². The maximum Gasteiger partial charge on any atom is 0.259 e. The van der Waals surface area contributed by atoms with Crippen LogP contribution in [0.25, 0.3) is 0 Å². The fourth-order valence-corrected chi connectivity index (χ4v) is 12.3. The highest BCUT2D eigenvalue weighted by atomic mass is 79.9. The topological polar surface area (TPSA) is 191 Å². The van der Waals surface area contributed by atoms with Crippen LogP contribution in [0.4, 0.5) is 0 Å². The maximum absolute atomic E-state index is 13.3. The molecule has 0 saturated heterocycles. The lowest BCUT2D eigenvalue weighted by atomic mass is 10.3. The van der Waals surface area contributed by atoms with Crippen molar-refractivity contribution in [2.24, 2.45) is 0 Å². The van der Waals surface area contributed by atoms with Gasteiger partial charge in [0.15, 0.2) is 19.7 Å². The lowest BCUT2D eigenvalue weighted by molar-refractivity contribution is -0.131. The second-order valence-electron chi connectivity index (χ2n) is 8.63. The number of amides is 4. The highest BCUT2D eigenvalue weighted by Gasteiger charge is 2.43. The molecule has 4 N–H and O–H groups in total. The summed E-state index contributed by atoms with van der Waals surface area (Å²) in [5.74, 6) is -3.05. The fraction of sp³-hybridized carbons (Fsp3) is 0.800. The number of halogens is 6. The lowest BCUT2D eigenvalue weighted by Gasteiger charge is -2.31. The number of carbonyl (C=O) groups is 4. The number of hydrazine groups is 2. The van der Waals surface area contributed by atoms with Crippen LogP contribution in [0, 0.1) is 0 Å². The van der Waals surface area contributed by atoms with Gasteiger partial charge in [-0.05, 0) is 0 Å². The Hall–Kier alpha value is 0.520. The van der Waals surface area contributed by atoms with Crippen molar-refractivity contribution in [2.75, 3.05) is 72.9 Å². The first kappa shape index (κ1) is 44.5. The summed E-state index contributed by atoms with van der Waals surface area (Å²) in [5, 5.41) is 6.75. The monoisotopic (exact) mass is 912 g/mol. The Balaban J connectivity index is 6.64. The maximum atomic E-state index is 13.3. The molecule has 0 aromatic carbocycles. The number of alkyl halides is 6. The summed E-state index contributed by atoms with van der Waals surface area (Å²) in [6.07, 6.45) is 1.59. The van der Waals surface area contributed by atoms with Crippen molar-refractivity contribution in [3.05, 3.63) is 0 Å². The van der Waals surface area contributed by atoms with E-state index in [1.807, 2.05) is 0 Å². The van der Waals surface area contributed by atoms with Gasteiger partial charge >= 0.3 is 0 Å². The molecule has 0 aliphatic carbocycles. The van der Waals surface area contributed by atoms with Crippen LogP contribution in [-0.4, -0.2) is 145 Å². The Kier molecular flexibility index (Phi) is 23.2. The summed E-state index contributed by atoms with van der Waals surface area (Å²) in [4.78, 5) is 51.3. The molecule has 24 heteroatoms. The Labute approximate surface area is 302 Å². The zero-order valence-electron chi connectivity index (χ0n) is 23.4. The van der Waals surface area contributed by atoms with Crippen LogP contribution in [0.3, 0.4) is 0 Å². The second-order valence-corrected chi connectivity index (χ2v) is 18.7. The summed E-state index contributed by atoms with van der Waals surface area (Å²) in [5.41, 5.74) is 4.95. The van der Waals surface area contributed by atoms with Crippen LogP contribution in [0.1, 0.15) is 0 Å². The van der Waals surface area contributed by atoms with Crippen LogP contribution in [0.2, 0.25) is 0 Å². The SMILES string of the molecule is CS(=O)(=O)C(SSC(C(NC(=O)CBr)C(=O)NN(CCCl)CCCl)S(C)(=O)=O)C(NC(=O)CBr)C(=O)NN(CCCl)CCCl. The number of nitrogens with one attached hydrogen (secondary N) is 4. The molecule has 0 aromatic heterocycles. The predicted octanol–water partition coefficient (Wildman–Crippen LogP) is 0.490. The van der Waals surface area contributed by atoms with Gasteiger partial charge in [-0.3, -0.25) is 30.0 Å². The molecule has 0 saturated carbocycles. The minimum Gasteiger partial charge on any atom is -0.342 e. The molecule has 0 radical (unpaired) electrons. The molecule has 0 aliphatic heterocycles. The average molecular weight is 916 g/mol. The third-order valence-electron chi connectivity index (χ3n) is 5.03. The van der Waals surface area contributed by atoms with Gasteiger partial charge in [0, 0.05) is 62.2 Å². The molecule has 4 atom stereocenters. The van der Waals surface area contributed by atoms with Crippen LogP contribution in [0.5, 0.6) is 0 Å². The van der Waals surface area contributed by atoms with Crippen LogP contribution >= 0.6 is 99.9 Å². The largest absolute Gasteiger partial charge is 0.342 e. The third kappa shape index (κ3) is 17.1. The van der Waals surface area contributed by atoms with E-state index in [9.17, 15) is 36.0 Å². The van der Waals surface area contributed by atoms with E-state index in [0.717, 1.165) is 12.5 Å². The molecule has 4 unspecified atom stereocenters. The first-order valence-electron chi connectivity index (χ1n) is 12.3. The normalized spacial score (nSPS) is 14.9. The average Bonchev–Trinajstić information content (AvgIpc) is 2.92. The Morgan fingerprint density at radius 1 is 0.636 bits per heavy atom. The summed E-state index contributed by atoms with van der Waals surface area (Å²) in [6, 6.07) is -3.48. The van der Waals surface area contributed by atoms with Crippen LogP contribution in [-0.2, 0) is 38.9 Å². The number of nitrogens with zero attached hydrogens (tertiary/aromatic N) is 2. The second kappa shape index (κ2) is 23.0. The summed E-state index contributed by atoms with van der Waals surface area (Å²) >= 11 is 29.0. The van der Waals surface area contributed by atoms with E-state index in [0.29, 0.717) is 21.6 Å². The zero-order chi connectivity index (χ0) is 34.1. The van der Waals surface area contributed by atoms with Crippen molar-refractivity contribution in [1.29, 1.82) is 0 Å². The molecule has 0 bridgehead atoms. The predicted molar refractivity (Wildman–Crippen MR) is 186 cm³/mol. The van der Waals surface area contributed by atoms with E-state index < -0.39 is 64.6 Å². The Morgan fingerprint density at radius 3 is 1.11 bits per heavy atom. The fourth-order valence-electron chi connectivity index (χ4n) is 3.10. The van der Waals surface area contributed by atoms with Crippen molar-refractivity contribution < 1.29 is 36.0 Å². The van der Waals surface area contributed by atoms with Crippen molar-refractivity contribution in [3.63, 3.8) is 0 Å². The van der Waals surface area contributed by atoms with Gasteiger partial charge in [-0.1, -0.05) is 53.4 Å². The highest BCUT2D eigenvalue weighted by Crippen LogP contribution is 2.39. The molecule has 0 fully saturated rings. The molecule has 0 rings (SSSR count). The molecule has 0 spiro atoms. The van der Waals surface area contributed by atoms with E-state index in [1.54, 1.807) is 0 Å². The Morgan fingerprint density at radius 2 is 0.909 bits per heavy atom. The van der Waals surface area contributed by atoms with E-state index in [1.165, 1.54) is 10.0 Å². The van der Waals surface area contributed by atoms with E-state index >= 15 is 0 Å². The van der Waals surface area contributed by atoms with Gasteiger partial charge in [-0.2, -0.15) is 0 Å². The first-order valence-corrected chi connectivity index (χ1v) is 22.8.